The van der Waals surface area contributed by atoms with Crippen molar-refractivity contribution in [1.29, 1.82) is 0 Å². The molecule has 4 nitrogen and oxygen atoms in total. The quantitative estimate of drug-likeness (QED) is 0.225. The molecule has 0 bridgehead atoms. The SMILES string of the molecule is NNC(=O)C1CC[NH2+]CC1. The fraction of sp³-hybridized carbons (Fsp3) is 0.833. The van der Waals surface area contributed by atoms with Crippen LogP contribution in [0.25, 0.3) is 0 Å². The molecule has 0 unspecified atom stereocenters. The summed E-state index contributed by atoms with van der Waals surface area (Å²) >= 11 is 0. The molecule has 1 saturated heterocycles. The van der Waals surface area contributed by atoms with Crippen LogP contribution in [0.1, 0.15) is 12.8 Å². The van der Waals surface area contributed by atoms with Gasteiger partial charge in [-0.2, -0.15) is 0 Å². The lowest BCUT2D eigenvalue weighted by Crippen LogP contribution is -2.86. The molecule has 0 atom stereocenters. The van der Waals surface area contributed by atoms with Gasteiger partial charge in [0, 0.05) is 18.8 Å². The number of hydrogen-bond donors (Lipinski definition) is 3. The maximum absolute atomic E-state index is 10.9. The molecule has 4 heteroatoms. The van der Waals surface area contributed by atoms with Crippen molar-refractivity contribution in [1.82, 2.24) is 5.43 Å². The second kappa shape index (κ2) is 3.53. The van der Waals surface area contributed by atoms with E-state index in [-0.39, 0.29) is 11.8 Å². The summed E-state index contributed by atoms with van der Waals surface area (Å²) in [5.41, 5.74) is 2.18. The highest BCUT2D eigenvalue weighted by atomic mass is 16.2. The van der Waals surface area contributed by atoms with E-state index in [0.717, 1.165) is 25.9 Å². The van der Waals surface area contributed by atoms with Crippen LogP contribution in [0.2, 0.25) is 0 Å². The van der Waals surface area contributed by atoms with Crippen molar-refractivity contribution < 1.29 is 10.1 Å². The van der Waals surface area contributed by atoms with Crippen molar-refractivity contribution in [2.45, 2.75) is 12.8 Å². The number of nitrogens with one attached hydrogen (secondary N) is 1. The second-order valence-corrected chi connectivity index (χ2v) is 2.65. The molecule has 1 aliphatic rings. The van der Waals surface area contributed by atoms with Crippen LogP contribution in [0.5, 0.6) is 0 Å². The topological polar surface area (TPSA) is 71.7 Å². The van der Waals surface area contributed by atoms with Gasteiger partial charge >= 0.3 is 0 Å². The number of carbonyl (C=O) groups is 1. The highest BCUT2D eigenvalue weighted by Gasteiger charge is 2.21. The average molecular weight is 144 g/mol. The van der Waals surface area contributed by atoms with Crippen LogP contribution in [0.4, 0.5) is 0 Å². The standard InChI is InChI=1S/C6H13N3O/c7-9-6(10)5-1-3-8-4-2-5/h5,8H,1-4,7H2,(H,9,10)/p+1. The molecule has 5 N–H and O–H groups in total. The number of hydrazine groups is 1. The summed E-state index contributed by atoms with van der Waals surface area (Å²) in [5.74, 6) is 5.15. The Bertz CT molecular complexity index is 120. The van der Waals surface area contributed by atoms with Gasteiger partial charge in [0.15, 0.2) is 0 Å². The van der Waals surface area contributed by atoms with Crippen molar-refractivity contribution in [2.24, 2.45) is 11.8 Å². The van der Waals surface area contributed by atoms with Gasteiger partial charge < -0.3 is 5.32 Å². The average Bonchev–Trinajstić information content (AvgIpc) is 2.05. The molecule has 0 aromatic carbocycles. The third kappa shape index (κ3) is 1.68. The zero-order valence-electron chi connectivity index (χ0n) is 5.97. The van der Waals surface area contributed by atoms with Crippen LogP contribution < -0.4 is 16.6 Å². The summed E-state index contributed by atoms with van der Waals surface area (Å²) < 4.78 is 0. The van der Waals surface area contributed by atoms with Gasteiger partial charge in [-0.15, -0.1) is 0 Å². The van der Waals surface area contributed by atoms with Crippen LogP contribution >= 0.6 is 0 Å². The van der Waals surface area contributed by atoms with Crippen molar-refractivity contribution in [3.63, 3.8) is 0 Å². The van der Waals surface area contributed by atoms with Crippen molar-refractivity contribution in [3.05, 3.63) is 0 Å². The maximum atomic E-state index is 10.9. The van der Waals surface area contributed by atoms with E-state index in [9.17, 15) is 4.79 Å². The number of nitrogens with two attached hydrogens (primary N) is 2. The number of rotatable bonds is 1. The van der Waals surface area contributed by atoms with Gasteiger partial charge in [0.25, 0.3) is 0 Å². The van der Waals surface area contributed by atoms with Gasteiger partial charge in [0.1, 0.15) is 0 Å². The first-order valence-corrected chi connectivity index (χ1v) is 3.66. The Morgan fingerprint density at radius 1 is 1.50 bits per heavy atom. The minimum Gasteiger partial charge on any atom is -0.346 e. The third-order valence-electron chi connectivity index (χ3n) is 1.95. The van der Waals surface area contributed by atoms with Crippen LogP contribution in [0.15, 0.2) is 0 Å². The van der Waals surface area contributed by atoms with Crippen molar-refractivity contribution in [2.75, 3.05) is 13.1 Å². The highest BCUT2D eigenvalue weighted by Crippen LogP contribution is 2.07. The lowest BCUT2D eigenvalue weighted by Gasteiger charge is -2.17. The first kappa shape index (κ1) is 7.50. The largest absolute Gasteiger partial charge is 0.346 e. The maximum Gasteiger partial charge on any atom is 0.237 e. The molecule has 0 spiro atoms. The summed E-state index contributed by atoms with van der Waals surface area (Å²) in [6.07, 6.45) is 1.92. The molecule has 1 fully saturated rings. The van der Waals surface area contributed by atoms with E-state index in [4.69, 9.17) is 5.84 Å². The van der Waals surface area contributed by atoms with E-state index < -0.39 is 0 Å². The molecule has 1 rings (SSSR count). The van der Waals surface area contributed by atoms with Crippen molar-refractivity contribution >= 4 is 5.91 Å². The molecule has 0 radical (unpaired) electrons. The van der Waals surface area contributed by atoms with E-state index in [1.807, 2.05) is 0 Å². The molecule has 0 aromatic heterocycles. The van der Waals surface area contributed by atoms with Gasteiger partial charge in [0.05, 0.1) is 13.1 Å². The molecule has 0 saturated carbocycles. The second-order valence-electron chi connectivity index (χ2n) is 2.65. The van der Waals surface area contributed by atoms with Gasteiger partial charge in [-0.25, -0.2) is 5.84 Å². The summed E-state index contributed by atoms with van der Waals surface area (Å²) in [6.45, 7) is 2.11. The van der Waals surface area contributed by atoms with Gasteiger partial charge in [-0.3, -0.25) is 10.2 Å². The van der Waals surface area contributed by atoms with Crippen LogP contribution in [0.3, 0.4) is 0 Å². The number of amides is 1. The summed E-state index contributed by atoms with van der Waals surface area (Å²) in [4.78, 5) is 10.9. The minimum atomic E-state index is -0.00639. The Morgan fingerprint density at radius 2 is 2.10 bits per heavy atom. The van der Waals surface area contributed by atoms with Crippen LogP contribution in [-0.2, 0) is 4.79 Å². The lowest BCUT2D eigenvalue weighted by atomic mass is 9.98. The van der Waals surface area contributed by atoms with Crippen LogP contribution in [0, 0.1) is 5.92 Å². The number of hydrogen-bond acceptors (Lipinski definition) is 2. The summed E-state index contributed by atoms with van der Waals surface area (Å²) in [5, 5.41) is 2.22. The van der Waals surface area contributed by atoms with Crippen molar-refractivity contribution in [3.8, 4) is 0 Å². The molecule has 0 aromatic rings. The Kier molecular flexibility index (Phi) is 2.65. The van der Waals surface area contributed by atoms with E-state index in [1.165, 1.54) is 0 Å². The highest BCUT2D eigenvalue weighted by molar-refractivity contribution is 5.77. The summed E-state index contributed by atoms with van der Waals surface area (Å²) in [6, 6.07) is 0. The number of quaternary nitrogens is 1. The Balaban J connectivity index is 2.31. The molecular weight excluding hydrogens is 130 g/mol. The predicted octanol–water partition coefficient (Wildman–Crippen LogP) is -2.05. The third-order valence-corrected chi connectivity index (χ3v) is 1.95. The van der Waals surface area contributed by atoms with E-state index >= 15 is 0 Å². The lowest BCUT2D eigenvalue weighted by molar-refractivity contribution is -0.664. The molecule has 1 heterocycles. The molecule has 0 aliphatic carbocycles. The zero-order chi connectivity index (χ0) is 7.40. The molecule has 10 heavy (non-hydrogen) atoms. The van der Waals surface area contributed by atoms with E-state index in [0.29, 0.717) is 0 Å². The van der Waals surface area contributed by atoms with E-state index in [1.54, 1.807) is 0 Å². The first-order valence-electron chi connectivity index (χ1n) is 3.66. The number of piperidine rings is 1. The Labute approximate surface area is 60.1 Å². The Hall–Kier alpha value is -0.610. The number of carbonyl (C=O) groups excluding carboxylic acids is 1. The first-order chi connectivity index (χ1) is 4.84. The van der Waals surface area contributed by atoms with E-state index in [2.05, 4.69) is 10.7 Å². The van der Waals surface area contributed by atoms with Crippen LogP contribution in [-0.4, -0.2) is 19.0 Å². The molecule has 58 valence electrons. The zero-order valence-corrected chi connectivity index (χ0v) is 5.97. The molecular formula is C6H14N3O+. The predicted molar refractivity (Wildman–Crippen MR) is 36.7 cm³/mol. The molecule has 1 amide bonds. The monoisotopic (exact) mass is 144 g/mol. The fourth-order valence-corrected chi connectivity index (χ4v) is 1.31. The smallest absolute Gasteiger partial charge is 0.237 e. The normalized spacial score (nSPS) is 20.5. The van der Waals surface area contributed by atoms with Gasteiger partial charge in [-0.05, 0) is 0 Å². The molecule has 1 aliphatic heterocycles. The minimum absolute atomic E-state index is 0.00639. The fourth-order valence-electron chi connectivity index (χ4n) is 1.31. The van der Waals surface area contributed by atoms with Gasteiger partial charge in [0.2, 0.25) is 5.91 Å². The van der Waals surface area contributed by atoms with Gasteiger partial charge in [-0.1, -0.05) is 0 Å². The summed E-state index contributed by atoms with van der Waals surface area (Å²) in [7, 11) is 0. The Morgan fingerprint density at radius 3 is 2.60 bits per heavy atom.